The zero-order valence-corrected chi connectivity index (χ0v) is 18.4. The van der Waals surface area contributed by atoms with E-state index in [2.05, 4.69) is 23.1 Å². The first-order valence-electron chi connectivity index (χ1n) is 11.7. The van der Waals surface area contributed by atoms with Crippen LogP contribution in [0.2, 0.25) is 0 Å². The van der Waals surface area contributed by atoms with E-state index in [9.17, 15) is 4.79 Å². The van der Waals surface area contributed by atoms with Gasteiger partial charge in [0.2, 0.25) is 5.91 Å². The standard InChI is InChI=1S/C26H34N2O3/c29-26-13-10-23-20-24(11-12-25(23)28(26)21-22-8-4-3-5-9-22)31-17-7-2-1-6-14-27-15-18-30-19-16-27/h3-5,8-9,11-12,20H,1-2,6-7,10,13-19,21H2. The molecule has 0 bridgehead atoms. The van der Waals surface area contributed by atoms with E-state index in [0.29, 0.717) is 13.0 Å². The Balaban J connectivity index is 1.21. The van der Waals surface area contributed by atoms with Gasteiger partial charge in [-0.15, -0.1) is 0 Å². The fourth-order valence-corrected chi connectivity index (χ4v) is 4.37. The summed E-state index contributed by atoms with van der Waals surface area (Å²) in [6.45, 7) is 6.48. The normalized spacial score (nSPS) is 16.9. The number of amides is 1. The van der Waals surface area contributed by atoms with Crippen molar-refractivity contribution in [2.24, 2.45) is 0 Å². The van der Waals surface area contributed by atoms with E-state index in [1.165, 1.54) is 31.4 Å². The molecule has 0 unspecified atom stereocenters. The highest BCUT2D eigenvalue weighted by Crippen LogP contribution is 2.32. The van der Waals surface area contributed by atoms with Crippen LogP contribution in [0.4, 0.5) is 5.69 Å². The van der Waals surface area contributed by atoms with Crippen LogP contribution in [0.25, 0.3) is 0 Å². The second-order valence-corrected chi connectivity index (χ2v) is 8.47. The molecule has 0 aliphatic carbocycles. The third-order valence-electron chi connectivity index (χ3n) is 6.18. The summed E-state index contributed by atoms with van der Waals surface area (Å²) in [5.41, 5.74) is 3.38. The maximum Gasteiger partial charge on any atom is 0.227 e. The second kappa shape index (κ2) is 11.3. The first kappa shape index (κ1) is 21.8. The lowest BCUT2D eigenvalue weighted by Gasteiger charge is -2.30. The maximum absolute atomic E-state index is 12.5. The summed E-state index contributed by atoms with van der Waals surface area (Å²) in [6.07, 6.45) is 6.14. The smallest absolute Gasteiger partial charge is 0.227 e. The molecule has 2 aromatic rings. The number of unbranched alkanes of at least 4 members (excludes halogenated alkanes) is 3. The molecule has 1 fully saturated rings. The highest BCUT2D eigenvalue weighted by atomic mass is 16.5. The van der Waals surface area contributed by atoms with Gasteiger partial charge in [0.25, 0.3) is 0 Å². The number of anilines is 1. The fraction of sp³-hybridized carbons (Fsp3) is 0.500. The van der Waals surface area contributed by atoms with Gasteiger partial charge in [0.05, 0.1) is 26.4 Å². The molecule has 0 saturated carbocycles. The first-order valence-corrected chi connectivity index (χ1v) is 11.7. The summed E-state index contributed by atoms with van der Waals surface area (Å²) in [4.78, 5) is 16.9. The molecule has 31 heavy (non-hydrogen) atoms. The Morgan fingerprint density at radius 1 is 0.903 bits per heavy atom. The summed E-state index contributed by atoms with van der Waals surface area (Å²) < 4.78 is 11.4. The van der Waals surface area contributed by atoms with Crippen molar-refractivity contribution < 1.29 is 14.3 Å². The Kier molecular flexibility index (Phi) is 7.97. The molecule has 4 rings (SSSR count). The lowest BCUT2D eigenvalue weighted by molar-refractivity contribution is -0.119. The lowest BCUT2D eigenvalue weighted by Crippen LogP contribution is -2.36. The Bertz CT molecular complexity index is 834. The van der Waals surface area contributed by atoms with Crippen LogP contribution in [0.15, 0.2) is 48.5 Å². The summed E-state index contributed by atoms with van der Waals surface area (Å²) >= 11 is 0. The second-order valence-electron chi connectivity index (χ2n) is 8.47. The number of fused-ring (bicyclic) bond motifs is 1. The first-order chi connectivity index (χ1) is 15.3. The molecule has 2 aliphatic heterocycles. The minimum atomic E-state index is 0.196. The number of rotatable bonds is 10. The summed E-state index contributed by atoms with van der Waals surface area (Å²) in [7, 11) is 0. The molecule has 0 radical (unpaired) electrons. The third-order valence-corrected chi connectivity index (χ3v) is 6.18. The Morgan fingerprint density at radius 3 is 2.55 bits per heavy atom. The molecule has 5 heteroatoms. The van der Waals surface area contributed by atoms with Crippen LogP contribution in [0.3, 0.4) is 0 Å². The Hall–Kier alpha value is -2.37. The quantitative estimate of drug-likeness (QED) is 0.531. The van der Waals surface area contributed by atoms with Crippen molar-refractivity contribution in [3.63, 3.8) is 0 Å². The molecule has 5 nitrogen and oxygen atoms in total. The number of carbonyl (C=O) groups excluding carboxylic acids is 1. The molecule has 0 spiro atoms. The number of nitrogens with zero attached hydrogens (tertiary/aromatic N) is 2. The highest BCUT2D eigenvalue weighted by molar-refractivity contribution is 5.96. The van der Waals surface area contributed by atoms with E-state index in [0.717, 1.165) is 62.8 Å². The van der Waals surface area contributed by atoms with Crippen molar-refractivity contribution in [3.05, 3.63) is 59.7 Å². The summed E-state index contributed by atoms with van der Waals surface area (Å²) in [5, 5.41) is 0. The lowest BCUT2D eigenvalue weighted by atomic mass is 10.00. The number of hydrogen-bond acceptors (Lipinski definition) is 4. The topological polar surface area (TPSA) is 42.0 Å². The molecule has 0 atom stereocenters. The molecule has 1 amide bonds. The van der Waals surface area contributed by atoms with E-state index in [1.54, 1.807) is 0 Å². The number of hydrogen-bond donors (Lipinski definition) is 0. The van der Waals surface area contributed by atoms with E-state index in [4.69, 9.17) is 9.47 Å². The molecule has 2 aliphatic rings. The highest BCUT2D eigenvalue weighted by Gasteiger charge is 2.24. The van der Waals surface area contributed by atoms with Crippen LogP contribution in [0, 0.1) is 0 Å². The van der Waals surface area contributed by atoms with Crippen LogP contribution < -0.4 is 9.64 Å². The van der Waals surface area contributed by atoms with Crippen molar-refractivity contribution in [2.45, 2.75) is 45.1 Å². The summed E-state index contributed by atoms with van der Waals surface area (Å²) in [6, 6.07) is 16.4. The van der Waals surface area contributed by atoms with Crippen LogP contribution in [-0.4, -0.2) is 50.3 Å². The van der Waals surface area contributed by atoms with Crippen LogP contribution in [0.1, 0.15) is 43.2 Å². The van der Waals surface area contributed by atoms with E-state index in [1.807, 2.05) is 35.2 Å². The Labute approximate surface area is 185 Å². The average Bonchev–Trinajstić information content (AvgIpc) is 2.81. The van der Waals surface area contributed by atoms with Gasteiger partial charge in [-0.25, -0.2) is 0 Å². The molecule has 166 valence electrons. The monoisotopic (exact) mass is 422 g/mol. The minimum absolute atomic E-state index is 0.196. The zero-order chi connectivity index (χ0) is 21.3. The number of benzene rings is 2. The molecular weight excluding hydrogens is 388 g/mol. The van der Waals surface area contributed by atoms with E-state index in [-0.39, 0.29) is 5.91 Å². The molecule has 2 heterocycles. The predicted octanol–water partition coefficient (Wildman–Crippen LogP) is 4.44. The van der Waals surface area contributed by atoms with Gasteiger partial charge in [-0.05, 0) is 55.1 Å². The van der Waals surface area contributed by atoms with Crippen LogP contribution in [0.5, 0.6) is 5.75 Å². The van der Waals surface area contributed by atoms with Gasteiger partial charge in [-0.3, -0.25) is 9.69 Å². The number of morpholine rings is 1. The van der Waals surface area contributed by atoms with Crippen LogP contribution >= 0.6 is 0 Å². The van der Waals surface area contributed by atoms with Gasteiger partial charge in [0, 0.05) is 25.2 Å². The minimum Gasteiger partial charge on any atom is -0.494 e. The molecule has 2 aromatic carbocycles. The average molecular weight is 423 g/mol. The van der Waals surface area contributed by atoms with E-state index < -0.39 is 0 Å². The SMILES string of the molecule is O=C1CCc2cc(OCCCCCCN3CCOCC3)ccc2N1Cc1ccccc1. The number of aryl methyl sites for hydroxylation is 1. The van der Waals surface area contributed by atoms with Gasteiger partial charge < -0.3 is 14.4 Å². The maximum atomic E-state index is 12.5. The molecular formula is C26H34N2O3. The molecule has 1 saturated heterocycles. The summed E-state index contributed by atoms with van der Waals surface area (Å²) in [5.74, 6) is 1.11. The fourth-order valence-electron chi connectivity index (χ4n) is 4.37. The van der Waals surface area contributed by atoms with Gasteiger partial charge in [0.1, 0.15) is 5.75 Å². The van der Waals surface area contributed by atoms with Gasteiger partial charge in [-0.2, -0.15) is 0 Å². The zero-order valence-electron chi connectivity index (χ0n) is 18.4. The van der Waals surface area contributed by atoms with Crippen molar-refractivity contribution >= 4 is 11.6 Å². The molecule has 0 aromatic heterocycles. The predicted molar refractivity (Wildman–Crippen MR) is 124 cm³/mol. The van der Waals surface area contributed by atoms with Gasteiger partial charge in [0.15, 0.2) is 0 Å². The van der Waals surface area contributed by atoms with Gasteiger partial charge >= 0.3 is 0 Å². The van der Waals surface area contributed by atoms with Crippen molar-refractivity contribution in [2.75, 3.05) is 44.4 Å². The third kappa shape index (κ3) is 6.31. The largest absolute Gasteiger partial charge is 0.494 e. The van der Waals surface area contributed by atoms with Gasteiger partial charge in [-0.1, -0.05) is 43.2 Å². The van der Waals surface area contributed by atoms with E-state index >= 15 is 0 Å². The molecule has 0 N–H and O–H groups in total. The van der Waals surface area contributed by atoms with Crippen molar-refractivity contribution in [3.8, 4) is 5.75 Å². The number of ether oxygens (including phenoxy) is 2. The number of carbonyl (C=O) groups is 1. The van der Waals surface area contributed by atoms with Crippen molar-refractivity contribution in [1.29, 1.82) is 0 Å². The van der Waals surface area contributed by atoms with Crippen LogP contribution in [-0.2, 0) is 22.5 Å². The van der Waals surface area contributed by atoms with Crippen molar-refractivity contribution in [1.82, 2.24) is 4.90 Å². The Morgan fingerprint density at radius 2 is 1.71 bits per heavy atom.